The van der Waals surface area contributed by atoms with E-state index in [4.69, 9.17) is 5.26 Å². The number of nitrogens with zero attached hydrogens (tertiary/aromatic N) is 1. The molecule has 1 fully saturated rings. The van der Waals surface area contributed by atoms with Crippen LogP contribution in [0.5, 0.6) is 0 Å². The largest absolute Gasteiger partial charge is 0.394 e. The highest BCUT2D eigenvalue weighted by atomic mass is 16.3. The molecule has 0 aromatic rings. The summed E-state index contributed by atoms with van der Waals surface area (Å²) in [7, 11) is 0. The maximum Gasteiger partial charge on any atom is 0.0622 e. The van der Waals surface area contributed by atoms with E-state index in [9.17, 15) is 5.11 Å². The van der Waals surface area contributed by atoms with Gasteiger partial charge >= 0.3 is 0 Å². The molecule has 0 amide bonds. The van der Waals surface area contributed by atoms with Gasteiger partial charge in [0.15, 0.2) is 0 Å². The van der Waals surface area contributed by atoms with E-state index in [2.05, 4.69) is 32.2 Å². The van der Waals surface area contributed by atoms with Crippen LogP contribution in [0.1, 0.15) is 52.9 Å². The maximum absolute atomic E-state index is 9.72. The minimum Gasteiger partial charge on any atom is -0.394 e. The zero-order chi connectivity index (χ0) is 12.9. The summed E-state index contributed by atoms with van der Waals surface area (Å²) in [6.45, 7) is 7.86. The Bertz CT molecular complexity index is 282. The van der Waals surface area contributed by atoms with Crippen molar-refractivity contribution in [3.63, 3.8) is 0 Å². The smallest absolute Gasteiger partial charge is 0.0622 e. The van der Waals surface area contributed by atoms with E-state index >= 15 is 0 Å². The molecule has 0 aromatic carbocycles. The molecule has 0 saturated heterocycles. The van der Waals surface area contributed by atoms with Gasteiger partial charge in [-0.2, -0.15) is 5.26 Å². The number of aliphatic hydroxyl groups is 1. The number of unbranched alkanes of at least 4 members (excludes halogenated alkanes) is 1. The Morgan fingerprint density at radius 2 is 2.12 bits per heavy atom. The fourth-order valence-corrected chi connectivity index (χ4v) is 3.57. The van der Waals surface area contributed by atoms with Crippen molar-refractivity contribution in [3.8, 4) is 6.07 Å². The molecule has 0 aliphatic heterocycles. The molecule has 98 valence electrons. The Balaban J connectivity index is 2.57. The number of nitriles is 1. The molecular formula is C14H26N2O. The van der Waals surface area contributed by atoms with E-state index in [1.165, 1.54) is 6.42 Å². The Kier molecular flexibility index (Phi) is 4.97. The molecule has 1 rings (SSSR count). The third-order valence-electron chi connectivity index (χ3n) is 3.73. The van der Waals surface area contributed by atoms with Crippen molar-refractivity contribution in [2.45, 2.75) is 58.4 Å². The molecule has 1 saturated carbocycles. The molecule has 0 spiro atoms. The molecule has 2 unspecified atom stereocenters. The summed E-state index contributed by atoms with van der Waals surface area (Å²) in [5.74, 6) is 0.648. The first-order valence-electron chi connectivity index (χ1n) is 6.66. The monoisotopic (exact) mass is 238 g/mol. The molecule has 3 nitrogen and oxygen atoms in total. The zero-order valence-electron chi connectivity index (χ0n) is 11.4. The first kappa shape index (κ1) is 14.5. The molecule has 0 bridgehead atoms. The number of hydrogen-bond donors (Lipinski definition) is 2. The predicted octanol–water partition coefficient (Wildman–Crippen LogP) is 2.46. The number of aliphatic hydroxyl groups excluding tert-OH is 1. The van der Waals surface area contributed by atoms with Crippen LogP contribution < -0.4 is 5.32 Å². The van der Waals surface area contributed by atoms with Gasteiger partial charge in [-0.15, -0.1) is 0 Å². The van der Waals surface area contributed by atoms with Gasteiger partial charge in [0, 0.05) is 12.0 Å². The van der Waals surface area contributed by atoms with E-state index in [1.54, 1.807) is 0 Å². The molecule has 3 heteroatoms. The Labute approximate surface area is 105 Å². The molecule has 0 radical (unpaired) electrons. The first-order chi connectivity index (χ1) is 7.93. The molecule has 1 aliphatic rings. The maximum atomic E-state index is 9.72. The van der Waals surface area contributed by atoms with Gasteiger partial charge in [0.25, 0.3) is 0 Å². The molecule has 2 N–H and O–H groups in total. The lowest BCUT2D eigenvalue weighted by Gasteiger charge is -2.47. The Morgan fingerprint density at radius 1 is 1.41 bits per heavy atom. The minimum atomic E-state index is -0.128. The van der Waals surface area contributed by atoms with Crippen LogP contribution in [0.4, 0.5) is 0 Å². The van der Waals surface area contributed by atoms with Crippen molar-refractivity contribution in [2.75, 3.05) is 13.2 Å². The van der Waals surface area contributed by atoms with Gasteiger partial charge in [0.2, 0.25) is 0 Å². The van der Waals surface area contributed by atoms with Crippen LogP contribution in [0.25, 0.3) is 0 Å². The number of nitrogens with one attached hydrogen (secondary N) is 1. The quantitative estimate of drug-likeness (QED) is 0.723. The van der Waals surface area contributed by atoms with Crippen molar-refractivity contribution in [1.82, 2.24) is 5.32 Å². The van der Waals surface area contributed by atoms with E-state index in [1.807, 2.05) is 0 Å². The lowest BCUT2D eigenvalue weighted by molar-refractivity contribution is 0.0366. The minimum absolute atomic E-state index is 0.128. The van der Waals surface area contributed by atoms with Gasteiger partial charge in [-0.3, -0.25) is 0 Å². The van der Waals surface area contributed by atoms with Crippen molar-refractivity contribution in [1.29, 1.82) is 5.26 Å². The summed E-state index contributed by atoms with van der Waals surface area (Å²) in [6, 6.07) is 2.16. The normalized spacial score (nSPS) is 32.1. The van der Waals surface area contributed by atoms with Gasteiger partial charge in [0.05, 0.1) is 12.7 Å². The van der Waals surface area contributed by atoms with Crippen molar-refractivity contribution in [3.05, 3.63) is 0 Å². The summed E-state index contributed by atoms with van der Waals surface area (Å²) >= 11 is 0. The lowest BCUT2D eigenvalue weighted by Crippen LogP contribution is -2.55. The summed E-state index contributed by atoms with van der Waals surface area (Å²) in [4.78, 5) is 0. The van der Waals surface area contributed by atoms with Gasteiger partial charge < -0.3 is 10.4 Å². The van der Waals surface area contributed by atoms with Gasteiger partial charge in [-0.1, -0.05) is 20.8 Å². The van der Waals surface area contributed by atoms with Crippen LogP contribution in [0.2, 0.25) is 0 Å². The van der Waals surface area contributed by atoms with E-state index < -0.39 is 0 Å². The summed E-state index contributed by atoms with van der Waals surface area (Å²) < 4.78 is 0. The molecule has 0 aromatic heterocycles. The van der Waals surface area contributed by atoms with Crippen LogP contribution in [0.15, 0.2) is 0 Å². The lowest BCUT2D eigenvalue weighted by atomic mass is 9.64. The fraction of sp³-hybridized carbons (Fsp3) is 0.929. The zero-order valence-corrected chi connectivity index (χ0v) is 11.4. The van der Waals surface area contributed by atoms with Crippen molar-refractivity contribution in [2.24, 2.45) is 11.3 Å². The highest BCUT2D eigenvalue weighted by Gasteiger charge is 2.41. The van der Waals surface area contributed by atoms with Gasteiger partial charge in [-0.25, -0.2) is 0 Å². The second-order valence-electron chi connectivity index (χ2n) is 6.48. The third-order valence-corrected chi connectivity index (χ3v) is 3.73. The van der Waals surface area contributed by atoms with Crippen LogP contribution in [-0.4, -0.2) is 23.8 Å². The average Bonchev–Trinajstić information content (AvgIpc) is 2.22. The predicted molar refractivity (Wildman–Crippen MR) is 69.5 cm³/mol. The van der Waals surface area contributed by atoms with Crippen LogP contribution in [0.3, 0.4) is 0 Å². The second kappa shape index (κ2) is 5.84. The topological polar surface area (TPSA) is 56.0 Å². The third kappa shape index (κ3) is 4.29. The molecule has 0 heterocycles. The Morgan fingerprint density at radius 3 is 2.65 bits per heavy atom. The Hall–Kier alpha value is -0.590. The molecular weight excluding hydrogens is 212 g/mol. The van der Waals surface area contributed by atoms with Gasteiger partial charge in [-0.05, 0) is 43.6 Å². The SMILES string of the molecule is CC1CC(C)(C)CC(CO)(NCCCC#N)C1. The molecule has 1 aliphatic carbocycles. The number of hydrogen-bond acceptors (Lipinski definition) is 3. The van der Waals surface area contributed by atoms with Gasteiger partial charge in [0.1, 0.15) is 0 Å². The summed E-state index contributed by atoms with van der Waals surface area (Å²) in [6.07, 6.45) is 4.75. The fourth-order valence-electron chi connectivity index (χ4n) is 3.57. The van der Waals surface area contributed by atoms with Crippen molar-refractivity contribution < 1.29 is 5.11 Å². The van der Waals surface area contributed by atoms with E-state index in [0.717, 1.165) is 25.8 Å². The number of rotatable bonds is 5. The molecule has 17 heavy (non-hydrogen) atoms. The van der Waals surface area contributed by atoms with Crippen molar-refractivity contribution >= 4 is 0 Å². The van der Waals surface area contributed by atoms with Crippen LogP contribution in [-0.2, 0) is 0 Å². The first-order valence-corrected chi connectivity index (χ1v) is 6.66. The second-order valence-corrected chi connectivity index (χ2v) is 6.48. The average molecular weight is 238 g/mol. The summed E-state index contributed by atoms with van der Waals surface area (Å²) in [5, 5.41) is 21.7. The standard InChI is InChI=1S/C14H26N2O/c1-12-8-13(2,3)10-14(9-12,11-17)16-7-5-4-6-15/h12,16-17H,4-5,7-11H2,1-3H3. The van der Waals surface area contributed by atoms with Crippen LogP contribution in [0, 0.1) is 22.7 Å². The molecule has 2 atom stereocenters. The van der Waals surface area contributed by atoms with E-state index in [-0.39, 0.29) is 12.1 Å². The highest BCUT2D eigenvalue weighted by molar-refractivity contribution is 4.98. The highest BCUT2D eigenvalue weighted by Crippen LogP contribution is 2.43. The summed E-state index contributed by atoms with van der Waals surface area (Å²) in [5.41, 5.74) is 0.166. The van der Waals surface area contributed by atoms with E-state index in [0.29, 0.717) is 17.8 Å². The van der Waals surface area contributed by atoms with Crippen LogP contribution >= 0.6 is 0 Å².